The van der Waals surface area contributed by atoms with Crippen LogP contribution in [-0.4, -0.2) is 50.0 Å². The Morgan fingerprint density at radius 3 is 2.75 bits per heavy atom. The van der Waals surface area contributed by atoms with E-state index in [1.54, 1.807) is 4.57 Å². The molecule has 9 heteroatoms. The van der Waals surface area contributed by atoms with Gasteiger partial charge in [-0.1, -0.05) is 0 Å². The Morgan fingerprint density at radius 2 is 2.10 bits per heavy atom. The molecule has 0 saturated heterocycles. The van der Waals surface area contributed by atoms with E-state index in [-0.39, 0.29) is 6.54 Å². The van der Waals surface area contributed by atoms with Crippen LogP contribution in [0.25, 0.3) is 0 Å². The molecule has 112 valence electrons. The number of halogens is 3. The molecule has 0 radical (unpaired) electrons. The SMILES string of the molecule is O=C(O)CN(Cc1nnc2n1CCCC2)CC(F)(F)F. The van der Waals surface area contributed by atoms with Gasteiger partial charge in [-0.25, -0.2) is 0 Å². The van der Waals surface area contributed by atoms with E-state index >= 15 is 0 Å². The minimum absolute atomic E-state index is 0.168. The van der Waals surface area contributed by atoms with Crippen molar-refractivity contribution in [3.8, 4) is 0 Å². The van der Waals surface area contributed by atoms with Gasteiger partial charge in [-0.3, -0.25) is 9.69 Å². The maximum atomic E-state index is 12.4. The fraction of sp³-hybridized carbons (Fsp3) is 0.727. The monoisotopic (exact) mass is 292 g/mol. The van der Waals surface area contributed by atoms with Crippen LogP contribution in [0.5, 0.6) is 0 Å². The van der Waals surface area contributed by atoms with Crippen LogP contribution in [0.3, 0.4) is 0 Å². The van der Waals surface area contributed by atoms with E-state index in [9.17, 15) is 18.0 Å². The van der Waals surface area contributed by atoms with Crippen LogP contribution in [0.2, 0.25) is 0 Å². The Balaban J connectivity index is 2.10. The first-order valence-corrected chi connectivity index (χ1v) is 6.27. The van der Waals surface area contributed by atoms with E-state index in [1.807, 2.05) is 0 Å². The lowest BCUT2D eigenvalue weighted by Crippen LogP contribution is -2.38. The summed E-state index contributed by atoms with van der Waals surface area (Å²) in [5, 5.41) is 16.5. The van der Waals surface area contributed by atoms with Gasteiger partial charge >= 0.3 is 12.1 Å². The summed E-state index contributed by atoms with van der Waals surface area (Å²) >= 11 is 0. The molecule has 0 unspecified atom stereocenters. The Bertz CT molecular complexity index is 487. The normalized spacial score (nSPS) is 15.4. The van der Waals surface area contributed by atoms with Gasteiger partial charge < -0.3 is 9.67 Å². The number of rotatable bonds is 5. The number of aliphatic carboxylic acids is 1. The van der Waals surface area contributed by atoms with Crippen LogP contribution in [0, 0.1) is 0 Å². The maximum Gasteiger partial charge on any atom is 0.401 e. The second kappa shape index (κ2) is 5.78. The van der Waals surface area contributed by atoms with Crippen molar-refractivity contribution in [3.63, 3.8) is 0 Å². The molecule has 6 nitrogen and oxygen atoms in total. The number of nitrogens with zero attached hydrogens (tertiary/aromatic N) is 4. The molecule has 20 heavy (non-hydrogen) atoms. The minimum Gasteiger partial charge on any atom is -0.480 e. The number of alkyl halides is 3. The second-order valence-corrected chi connectivity index (χ2v) is 4.80. The van der Waals surface area contributed by atoms with Crippen LogP contribution < -0.4 is 0 Å². The van der Waals surface area contributed by atoms with Crippen LogP contribution in [0.1, 0.15) is 24.5 Å². The molecular weight excluding hydrogens is 277 g/mol. The van der Waals surface area contributed by atoms with Crippen molar-refractivity contribution in [1.29, 1.82) is 0 Å². The van der Waals surface area contributed by atoms with Crippen molar-refractivity contribution in [1.82, 2.24) is 19.7 Å². The number of hydrogen-bond donors (Lipinski definition) is 1. The lowest BCUT2D eigenvalue weighted by molar-refractivity contribution is -0.155. The lowest BCUT2D eigenvalue weighted by Gasteiger charge is -2.22. The summed E-state index contributed by atoms with van der Waals surface area (Å²) in [6.07, 6.45) is -1.78. The first-order valence-electron chi connectivity index (χ1n) is 6.27. The maximum absolute atomic E-state index is 12.4. The molecule has 1 N–H and O–H groups in total. The Morgan fingerprint density at radius 1 is 1.35 bits per heavy atom. The van der Waals surface area contributed by atoms with Gasteiger partial charge in [-0.15, -0.1) is 10.2 Å². The largest absolute Gasteiger partial charge is 0.480 e. The van der Waals surface area contributed by atoms with Crippen molar-refractivity contribution in [2.45, 2.75) is 38.5 Å². The average Bonchev–Trinajstić information content (AvgIpc) is 2.70. The van der Waals surface area contributed by atoms with Crippen molar-refractivity contribution in [2.24, 2.45) is 0 Å². The average molecular weight is 292 g/mol. The van der Waals surface area contributed by atoms with Gasteiger partial charge in [-0.2, -0.15) is 13.2 Å². The molecule has 1 aromatic rings. The Kier molecular flexibility index (Phi) is 4.26. The molecule has 0 fully saturated rings. The van der Waals surface area contributed by atoms with Crippen molar-refractivity contribution in [3.05, 3.63) is 11.6 Å². The topological polar surface area (TPSA) is 71.2 Å². The first kappa shape index (κ1) is 14.8. The Labute approximate surface area is 113 Å². The van der Waals surface area contributed by atoms with Gasteiger partial charge in [0.1, 0.15) is 11.6 Å². The van der Waals surface area contributed by atoms with Crippen molar-refractivity contribution < 1.29 is 23.1 Å². The van der Waals surface area contributed by atoms with Gasteiger partial charge in [0.25, 0.3) is 0 Å². The zero-order chi connectivity index (χ0) is 14.8. The van der Waals surface area contributed by atoms with E-state index in [1.165, 1.54) is 0 Å². The fourth-order valence-electron chi connectivity index (χ4n) is 2.30. The Hall–Kier alpha value is -1.64. The number of carboxylic acid groups (broad SMARTS) is 1. The molecule has 1 aromatic heterocycles. The van der Waals surface area contributed by atoms with Crippen molar-refractivity contribution >= 4 is 5.97 Å². The van der Waals surface area contributed by atoms with Gasteiger partial charge in [0.05, 0.1) is 19.6 Å². The van der Waals surface area contributed by atoms with E-state index < -0.39 is 25.2 Å². The van der Waals surface area contributed by atoms with Gasteiger partial charge in [0, 0.05) is 13.0 Å². The molecule has 0 atom stereocenters. The summed E-state index contributed by atoms with van der Waals surface area (Å²) in [6, 6.07) is 0. The molecule has 2 rings (SSSR count). The fourth-order valence-corrected chi connectivity index (χ4v) is 2.30. The predicted molar refractivity (Wildman–Crippen MR) is 61.9 cm³/mol. The zero-order valence-electron chi connectivity index (χ0n) is 10.7. The van der Waals surface area contributed by atoms with E-state index in [2.05, 4.69) is 10.2 Å². The molecule has 0 amide bonds. The van der Waals surface area contributed by atoms with E-state index in [0.29, 0.717) is 12.4 Å². The molecule has 0 aromatic carbocycles. The summed E-state index contributed by atoms with van der Waals surface area (Å²) in [7, 11) is 0. The molecule has 2 heterocycles. The quantitative estimate of drug-likeness (QED) is 0.878. The molecule has 0 spiro atoms. The molecule has 1 aliphatic heterocycles. The van der Waals surface area contributed by atoms with Crippen LogP contribution in [0.15, 0.2) is 0 Å². The third-order valence-corrected chi connectivity index (χ3v) is 3.06. The molecular formula is C11H15F3N4O2. The van der Waals surface area contributed by atoms with Gasteiger partial charge in [0.15, 0.2) is 0 Å². The number of carbonyl (C=O) groups is 1. The number of fused-ring (bicyclic) bond motifs is 1. The minimum atomic E-state index is -4.44. The molecule has 0 saturated carbocycles. The van der Waals surface area contributed by atoms with E-state index in [0.717, 1.165) is 30.0 Å². The number of aromatic nitrogens is 3. The van der Waals surface area contributed by atoms with Crippen LogP contribution >= 0.6 is 0 Å². The first-order chi connectivity index (χ1) is 9.35. The summed E-state index contributed by atoms with van der Waals surface area (Å²) in [5.74, 6) is -0.147. The summed E-state index contributed by atoms with van der Waals surface area (Å²) in [6.45, 7) is -1.45. The highest BCUT2D eigenvalue weighted by Crippen LogP contribution is 2.19. The highest BCUT2D eigenvalue weighted by Gasteiger charge is 2.32. The number of hydrogen-bond acceptors (Lipinski definition) is 4. The molecule has 1 aliphatic rings. The standard InChI is InChI=1S/C11H15F3N4O2/c12-11(13,14)7-17(6-10(19)20)5-9-16-15-8-3-1-2-4-18(8)9/h1-7H2,(H,19,20). The van der Waals surface area contributed by atoms with E-state index in [4.69, 9.17) is 5.11 Å². The third kappa shape index (κ3) is 3.92. The highest BCUT2D eigenvalue weighted by molar-refractivity contribution is 5.69. The zero-order valence-corrected chi connectivity index (χ0v) is 10.7. The second-order valence-electron chi connectivity index (χ2n) is 4.80. The highest BCUT2D eigenvalue weighted by atomic mass is 19.4. The smallest absolute Gasteiger partial charge is 0.401 e. The molecule has 0 aliphatic carbocycles. The van der Waals surface area contributed by atoms with Crippen molar-refractivity contribution in [2.75, 3.05) is 13.1 Å². The van der Waals surface area contributed by atoms with Crippen LogP contribution in [0.4, 0.5) is 13.2 Å². The summed E-state index contributed by atoms with van der Waals surface area (Å²) in [5.41, 5.74) is 0. The number of carboxylic acids is 1. The molecule has 0 bridgehead atoms. The van der Waals surface area contributed by atoms with Gasteiger partial charge in [-0.05, 0) is 12.8 Å². The van der Waals surface area contributed by atoms with Gasteiger partial charge in [0.2, 0.25) is 0 Å². The predicted octanol–water partition coefficient (Wildman–Crippen LogP) is 1.06. The summed E-state index contributed by atoms with van der Waals surface area (Å²) < 4.78 is 39.1. The third-order valence-electron chi connectivity index (χ3n) is 3.06. The number of aryl methyl sites for hydroxylation is 1. The lowest BCUT2D eigenvalue weighted by atomic mass is 10.1. The van der Waals surface area contributed by atoms with Crippen LogP contribution in [-0.2, 0) is 24.3 Å². The summed E-state index contributed by atoms with van der Waals surface area (Å²) in [4.78, 5) is 11.5.